The Kier molecular flexibility index (Phi) is 5.95. The van der Waals surface area contributed by atoms with Crippen LogP contribution in [0.5, 0.6) is 0 Å². The number of hydrogen-bond donors (Lipinski definition) is 0. The number of esters is 1. The van der Waals surface area contributed by atoms with Gasteiger partial charge in [-0.2, -0.15) is 0 Å². The number of Topliss-reactive ketones (excluding diaryl/α,β-unsaturated/α-hetero) is 1. The van der Waals surface area contributed by atoms with Gasteiger partial charge >= 0.3 is 5.97 Å². The second-order valence-electron chi connectivity index (χ2n) is 7.43. The van der Waals surface area contributed by atoms with Crippen molar-refractivity contribution in [2.24, 2.45) is 17.3 Å². The maximum Gasteiger partial charge on any atom is 0.320 e. The Labute approximate surface area is 150 Å². The smallest absolute Gasteiger partial charge is 0.320 e. The molecule has 1 saturated heterocycles. The first-order valence-corrected chi connectivity index (χ1v) is 9.71. The number of allylic oxidation sites excluding steroid dienone is 2. The monoisotopic (exact) mass is 350 g/mol. The van der Waals surface area contributed by atoms with E-state index >= 15 is 0 Å². The Morgan fingerprint density at radius 3 is 2.88 bits per heavy atom. The van der Waals surface area contributed by atoms with E-state index in [9.17, 15) is 9.59 Å². The number of ether oxygens (including phenoxy) is 3. The Bertz CT molecular complexity index is 522. The fourth-order valence-corrected chi connectivity index (χ4v) is 4.54. The van der Waals surface area contributed by atoms with Crippen molar-refractivity contribution >= 4 is 11.8 Å². The lowest BCUT2D eigenvalue weighted by atomic mass is 9.97. The zero-order valence-corrected chi connectivity index (χ0v) is 15.4. The van der Waals surface area contributed by atoms with Crippen LogP contribution in [0.3, 0.4) is 0 Å². The van der Waals surface area contributed by atoms with E-state index < -0.39 is 11.4 Å². The van der Waals surface area contributed by atoms with E-state index in [1.807, 2.05) is 6.08 Å². The molecule has 5 nitrogen and oxygen atoms in total. The molecule has 2 saturated carbocycles. The zero-order chi connectivity index (χ0) is 17.9. The summed E-state index contributed by atoms with van der Waals surface area (Å²) in [6.45, 7) is 2.88. The van der Waals surface area contributed by atoms with Crippen molar-refractivity contribution in [2.45, 2.75) is 70.7 Å². The van der Waals surface area contributed by atoms with Crippen LogP contribution in [0.25, 0.3) is 0 Å². The molecule has 1 aliphatic heterocycles. The topological polar surface area (TPSA) is 61.8 Å². The normalized spacial score (nSPS) is 37.3. The highest BCUT2D eigenvalue weighted by Gasteiger charge is 2.80. The highest BCUT2D eigenvalue weighted by molar-refractivity contribution is 6.11. The molecule has 0 N–H and O–H groups in total. The first-order valence-electron chi connectivity index (χ1n) is 9.71. The molecule has 0 aromatic carbocycles. The number of hydrogen-bond acceptors (Lipinski definition) is 5. The standard InChI is InChI=1S/C20H30O5/c1-3-4-5-6-7-10-14-18-15(25-17-11-8-9-12-24-17)13-16(21)20(14,18)19(22)23-2/h7,10,14-15,17-18H,3-6,8-9,11-13H2,1-2H3/t14?,15?,17?,18-,20+/m0/s1. The quantitative estimate of drug-likeness (QED) is 0.290. The zero-order valence-electron chi connectivity index (χ0n) is 15.4. The number of rotatable bonds is 8. The molecule has 25 heavy (non-hydrogen) atoms. The van der Waals surface area contributed by atoms with Crippen molar-refractivity contribution in [2.75, 3.05) is 13.7 Å². The lowest BCUT2D eigenvalue weighted by Crippen LogP contribution is -2.29. The summed E-state index contributed by atoms with van der Waals surface area (Å²) in [7, 11) is 1.36. The number of carbonyl (C=O) groups is 2. The fourth-order valence-electron chi connectivity index (χ4n) is 4.54. The van der Waals surface area contributed by atoms with Crippen LogP contribution >= 0.6 is 0 Å². The highest BCUT2D eigenvalue weighted by Crippen LogP contribution is 2.68. The van der Waals surface area contributed by atoms with Gasteiger partial charge in [-0.25, -0.2) is 0 Å². The van der Waals surface area contributed by atoms with Gasteiger partial charge in [-0.3, -0.25) is 9.59 Å². The summed E-state index contributed by atoms with van der Waals surface area (Å²) in [5.74, 6) is -0.619. The van der Waals surface area contributed by atoms with Crippen LogP contribution in [0, 0.1) is 17.3 Å². The molecule has 0 aromatic rings. The largest absolute Gasteiger partial charge is 0.468 e. The second-order valence-corrected chi connectivity index (χ2v) is 7.43. The molecule has 5 atom stereocenters. The van der Waals surface area contributed by atoms with Crippen molar-refractivity contribution < 1.29 is 23.8 Å². The van der Waals surface area contributed by atoms with E-state index in [4.69, 9.17) is 14.2 Å². The van der Waals surface area contributed by atoms with Gasteiger partial charge in [0.05, 0.1) is 13.2 Å². The average Bonchev–Trinajstić information content (AvgIpc) is 3.21. The van der Waals surface area contributed by atoms with Gasteiger partial charge in [0, 0.05) is 24.9 Å². The maximum atomic E-state index is 12.7. The van der Waals surface area contributed by atoms with Crippen molar-refractivity contribution in [3.63, 3.8) is 0 Å². The van der Waals surface area contributed by atoms with Crippen LogP contribution in [-0.4, -0.2) is 37.9 Å². The van der Waals surface area contributed by atoms with Crippen molar-refractivity contribution in [3.8, 4) is 0 Å². The fraction of sp³-hybridized carbons (Fsp3) is 0.800. The van der Waals surface area contributed by atoms with E-state index in [-0.39, 0.29) is 30.0 Å². The average molecular weight is 350 g/mol. The third kappa shape index (κ3) is 3.41. The molecular weight excluding hydrogens is 320 g/mol. The van der Waals surface area contributed by atoms with Gasteiger partial charge in [-0.15, -0.1) is 0 Å². The number of methoxy groups -OCH3 is 1. The Balaban J connectivity index is 1.67. The van der Waals surface area contributed by atoms with Gasteiger partial charge in [0.25, 0.3) is 0 Å². The second kappa shape index (κ2) is 8.00. The molecule has 0 aromatic heterocycles. The Morgan fingerprint density at radius 1 is 1.36 bits per heavy atom. The minimum atomic E-state index is -1.00. The molecule has 0 amide bonds. The number of carbonyl (C=O) groups excluding carboxylic acids is 2. The summed E-state index contributed by atoms with van der Waals surface area (Å²) in [6.07, 6.45) is 11.5. The summed E-state index contributed by atoms with van der Waals surface area (Å²) < 4.78 is 16.7. The van der Waals surface area contributed by atoms with Gasteiger partial charge in [0.2, 0.25) is 0 Å². The lowest BCUT2D eigenvalue weighted by Gasteiger charge is -2.26. The van der Waals surface area contributed by atoms with Gasteiger partial charge < -0.3 is 14.2 Å². The van der Waals surface area contributed by atoms with Gasteiger partial charge in [-0.1, -0.05) is 31.9 Å². The summed E-state index contributed by atoms with van der Waals surface area (Å²) in [5, 5.41) is 0. The van der Waals surface area contributed by atoms with Gasteiger partial charge in [0.1, 0.15) is 5.41 Å². The number of ketones is 1. The predicted molar refractivity (Wildman–Crippen MR) is 92.8 cm³/mol. The van der Waals surface area contributed by atoms with E-state index in [1.165, 1.54) is 20.0 Å². The highest BCUT2D eigenvalue weighted by atomic mass is 16.7. The molecule has 1 heterocycles. The molecule has 0 radical (unpaired) electrons. The van der Waals surface area contributed by atoms with Crippen molar-refractivity contribution in [3.05, 3.63) is 12.2 Å². The van der Waals surface area contributed by atoms with E-state index in [0.29, 0.717) is 13.0 Å². The predicted octanol–water partition coefficient (Wildman–Crippen LogP) is 3.41. The van der Waals surface area contributed by atoms with Crippen molar-refractivity contribution in [1.82, 2.24) is 0 Å². The molecule has 5 heteroatoms. The van der Waals surface area contributed by atoms with Crippen LogP contribution in [0.1, 0.15) is 58.3 Å². The minimum Gasteiger partial charge on any atom is -0.468 e. The maximum absolute atomic E-state index is 12.7. The molecule has 0 spiro atoms. The third-order valence-corrected chi connectivity index (χ3v) is 5.88. The first-order chi connectivity index (χ1) is 12.2. The number of unbranched alkanes of at least 4 members (excludes halogenated alkanes) is 3. The van der Waals surface area contributed by atoms with E-state index in [2.05, 4.69) is 13.0 Å². The first kappa shape index (κ1) is 18.6. The molecule has 140 valence electrons. The van der Waals surface area contributed by atoms with Crippen LogP contribution < -0.4 is 0 Å². The van der Waals surface area contributed by atoms with Crippen LogP contribution in [-0.2, 0) is 23.8 Å². The third-order valence-electron chi connectivity index (χ3n) is 5.88. The molecular formula is C20H30O5. The SMILES string of the molecule is CCCCCC=CC1[C@H]2C(OC3CCCCO3)CC(=O)[C@]12C(=O)OC. The van der Waals surface area contributed by atoms with Crippen LogP contribution in [0.2, 0.25) is 0 Å². The summed E-state index contributed by atoms with van der Waals surface area (Å²) >= 11 is 0. The molecule has 2 aliphatic carbocycles. The molecule has 3 rings (SSSR count). The minimum absolute atomic E-state index is 0.0339. The van der Waals surface area contributed by atoms with Gasteiger partial charge in [-0.05, 0) is 32.1 Å². The molecule has 3 unspecified atom stereocenters. The van der Waals surface area contributed by atoms with Gasteiger partial charge in [0.15, 0.2) is 12.1 Å². The van der Waals surface area contributed by atoms with Crippen LogP contribution in [0.4, 0.5) is 0 Å². The van der Waals surface area contributed by atoms with Crippen LogP contribution in [0.15, 0.2) is 12.2 Å². The Morgan fingerprint density at radius 2 is 2.20 bits per heavy atom. The van der Waals surface area contributed by atoms with Crippen molar-refractivity contribution in [1.29, 1.82) is 0 Å². The lowest BCUT2D eigenvalue weighted by molar-refractivity contribution is -0.191. The summed E-state index contributed by atoms with van der Waals surface area (Å²) in [4.78, 5) is 25.1. The number of fused-ring (bicyclic) bond motifs is 1. The molecule has 3 fully saturated rings. The summed E-state index contributed by atoms with van der Waals surface area (Å²) in [6, 6.07) is 0. The summed E-state index contributed by atoms with van der Waals surface area (Å²) in [5.41, 5.74) is -1.00. The molecule has 0 bridgehead atoms. The Hall–Kier alpha value is -1.20. The molecule has 3 aliphatic rings. The van der Waals surface area contributed by atoms with E-state index in [0.717, 1.165) is 32.1 Å². The van der Waals surface area contributed by atoms with E-state index in [1.54, 1.807) is 0 Å².